The van der Waals surface area contributed by atoms with Gasteiger partial charge in [-0.15, -0.1) is 0 Å². The van der Waals surface area contributed by atoms with Crippen LogP contribution in [0.5, 0.6) is 0 Å². The first-order valence-electron chi connectivity index (χ1n) is 10.3. The first-order valence-corrected chi connectivity index (χ1v) is 11.7. The van der Waals surface area contributed by atoms with E-state index in [0.717, 1.165) is 61.6 Å². The molecule has 2 aromatic carbocycles. The Morgan fingerprint density at radius 3 is 2.50 bits per heavy atom. The molecule has 2 aliphatic heterocycles. The predicted octanol–water partition coefficient (Wildman–Crippen LogP) is 2.30. The van der Waals surface area contributed by atoms with Crippen LogP contribution in [0, 0.1) is 0 Å². The van der Waals surface area contributed by atoms with Crippen LogP contribution in [0.3, 0.4) is 0 Å². The zero-order chi connectivity index (χ0) is 21.1. The zero-order valence-electron chi connectivity index (χ0n) is 17.1. The van der Waals surface area contributed by atoms with Crippen molar-refractivity contribution in [3.05, 3.63) is 53.6 Å². The molecule has 1 amide bonds. The molecule has 0 aliphatic carbocycles. The van der Waals surface area contributed by atoms with Gasteiger partial charge in [-0.25, -0.2) is 13.1 Å². The van der Waals surface area contributed by atoms with E-state index in [1.807, 2.05) is 24.3 Å². The van der Waals surface area contributed by atoms with E-state index >= 15 is 0 Å². The number of nitrogens with zero attached hydrogens (tertiary/aromatic N) is 2. The molecule has 0 atom stereocenters. The highest BCUT2D eigenvalue weighted by Gasteiger charge is 2.23. The van der Waals surface area contributed by atoms with Gasteiger partial charge in [-0.1, -0.05) is 12.1 Å². The standard InChI is InChI=1S/C22H27N3O4S/c1-17(26)25-10-2-3-19-15-21(8-9-22(19)25)30(27,28)23-16-18-4-6-20(7-5-18)24-11-13-29-14-12-24/h4-9,15,23H,2-3,10-14,16H2,1H3. The number of fused-ring (bicyclic) bond motifs is 1. The largest absolute Gasteiger partial charge is 0.378 e. The second-order valence-electron chi connectivity index (χ2n) is 7.66. The highest BCUT2D eigenvalue weighted by Crippen LogP contribution is 2.29. The Morgan fingerprint density at radius 2 is 1.80 bits per heavy atom. The van der Waals surface area contributed by atoms with Crippen LogP contribution in [0.1, 0.15) is 24.5 Å². The molecule has 2 aliphatic rings. The first kappa shape index (κ1) is 20.8. The number of aryl methyl sites for hydroxylation is 1. The molecule has 7 nitrogen and oxygen atoms in total. The van der Waals surface area contributed by atoms with Crippen LogP contribution < -0.4 is 14.5 Å². The Balaban J connectivity index is 1.44. The highest BCUT2D eigenvalue weighted by molar-refractivity contribution is 7.89. The molecule has 0 radical (unpaired) electrons. The van der Waals surface area contributed by atoms with Gasteiger partial charge in [0.05, 0.1) is 18.1 Å². The molecule has 2 heterocycles. The number of ether oxygens (including phenoxy) is 1. The maximum Gasteiger partial charge on any atom is 0.240 e. The number of hydrogen-bond donors (Lipinski definition) is 1. The van der Waals surface area contributed by atoms with Crippen LogP contribution in [0.25, 0.3) is 0 Å². The third-order valence-corrected chi connectivity index (χ3v) is 7.04. The zero-order valence-corrected chi connectivity index (χ0v) is 18.0. The summed E-state index contributed by atoms with van der Waals surface area (Å²) in [7, 11) is -3.64. The summed E-state index contributed by atoms with van der Waals surface area (Å²) in [5.41, 5.74) is 3.73. The normalized spacial score (nSPS) is 17.0. The lowest BCUT2D eigenvalue weighted by Crippen LogP contribution is -2.36. The molecular weight excluding hydrogens is 402 g/mol. The van der Waals surface area contributed by atoms with Crippen LogP contribution in [-0.2, 0) is 32.5 Å². The highest BCUT2D eigenvalue weighted by atomic mass is 32.2. The fourth-order valence-electron chi connectivity index (χ4n) is 3.98. The van der Waals surface area contributed by atoms with Gasteiger partial charge in [0, 0.05) is 44.5 Å². The molecule has 2 aromatic rings. The fraction of sp³-hybridized carbons (Fsp3) is 0.409. The Bertz CT molecular complexity index is 1020. The summed E-state index contributed by atoms with van der Waals surface area (Å²) < 4.78 is 33.7. The van der Waals surface area contributed by atoms with Crippen molar-refractivity contribution in [2.45, 2.75) is 31.2 Å². The summed E-state index contributed by atoms with van der Waals surface area (Å²) in [6, 6.07) is 12.9. The first-order chi connectivity index (χ1) is 14.4. The van der Waals surface area contributed by atoms with Crippen molar-refractivity contribution in [2.75, 3.05) is 42.6 Å². The van der Waals surface area contributed by atoms with Gasteiger partial charge in [-0.2, -0.15) is 0 Å². The molecule has 0 spiro atoms. The lowest BCUT2D eigenvalue weighted by molar-refractivity contribution is -0.116. The third kappa shape index (κ3) is 4.50. The lowest BCUT2D eigenvalue weighted by atomic mass is 10.0. The van der Waals surface area contributed by atoms with Gasteiger partial charge in [-0.3, -0.25) is 4.79 Å². The van der Waals surface area contributed by atoms with Crippen LogP contribution in [0.4, 0.5) is 11.4 Å². The summed E-state index contributed by atoms with van der Waals surface area (Å²) in [5, 5.41) is 0. The minimum absolute atomic E-state index is 0.0230. The summed E-state index contributed by atoms with van der Waals surface area (Å²) in [6.07, 6.45) is 1.60. The third-order valence-electron chi connectivity index (χ3n) is 5.64. The minimum Gasteiger partial charge on any atom is -0.378 e. The second kappa shape index (κ2) is 8.75. The van der Waals surface area contributed by atoms with Crippen molar-refractivity contribution in [3.63, 3.8) is 0 Å². The van der Waals surface area contributed by atoms with E-state index in [0.29, 0.717) is 6.54 Å². The number of nitrogens with one attached hydrogen (secondary N) is 1. The molecule has 1 saturated heterocycles. The van der Waals surface area contributed by atoms with Gasteiger partial charge in [0.25, 0.3) is 0 Å². The molecular formula is C22H27N3O4S. The summed E-state index contributed by atoms with van der Waals surface area (Å²) in [5.74, 6) is -0.0230. The van der Waals surface area contributed by atoms with Crippen molar-refractivity contribution in [3.8, 4) is 0 Å². The second-order valence-corrected chi connectivity index (χ2v) is 9.42. The van der Waals surface area contributed by atoms with Gasteiger partial charge in [0.15, 0.2) is 0 Å². The predicted molar refractivity (Wildman–Crippen MR) is 116 cm³/mol. The number of benzene rings is 2. The van der Waals surface area contributed by atoms with Crippen LogP contribution >= 0.6 is 0 Å². The molecule has 0 aromatic heterocycles. The van der Waals surface area contributed by atoms with Crippen molar-refractivity contribution in [1.29, 1.82) is 0 Å². The van der Waals surface area contributed by atoms with Gasteiger partial charge in [0.1, 0.15) is 0 Å². The van der Waals surface area contributed by atoms with E-state index in [9.17, 15) is 13.2 Å². The Kier molecular flexibility index (Phi) is 6.08. The van der Waals surface area contributed by atoms with Crippen molar-refractivity contribution < 1.29 is 17.9 Å². The summed E-state index contributed by atoms with van der Waals surface area (Å²) in [4.78, 5) is 16.0. The number of anilines is 2. The summed E-state index contributed by atoms with van der Waals surface area (Å²) >= 11 is 0. The van der Waals surface area contributed by atoms with Crippen LogP contribution in [-0.4, -0.2) is 47.2 Å². The fourth-order valence-corrected chi connectivity index (χ4v) is 5.04. The Hall–Kier alpha value is -2.42. The molecule has 4 rings (SSSR count). The Labute approximate surface area is 177 Å². The maximum absolute atomic E-state index is 12.8. The molecule has 160 valence electrons. The number of morpholine rings is 1. The SMILES string of the molecule is CC(=O)N1CCCc2cc(S(=O)(=O)NCc3ccc(N4CCOCC4)cc3)ccc21. The molecule has 30 heavy (non-hydrogen) atoms. The quantitative estimate of drug-likeness (QED) is 0.789. The van der Waals surface area contributed by atoms with Gasteiger partial charge < -0.3 is 14.5 Å². The van der Waals surface area contributed by atoms with E-state index < -0.39 is 10.0 Å². The maximum atomic E-state index is 12.8. The monoisotopic (exact) mass is 429 g/mol. The molecule has 8 heteroatoms. The molecule has 0 unspecified atom stereocenters. The topological polar surface area (TPSA) is 79.0 Å². The van der Waals surface area contributed by atoms with E-state index in [2.05, 4.69) is 9.62 Å². The number of hydrogen-bond acceptors (Lipinski definition) is 5. The minimum atomic E-state index is -3.64. The van der Waals surface area contributed by atoms with E-state index in [1.165, 1.54) is 6.92 Å². The number of rotatable bonds is 5. The van der Waals surface area contributed by atoms with Crippen LogP contribution in [0.2, 0.25) is 0 Å². The van der Waals surface area contributed by atoms with Crippen molar-refractivity contribution in [1.82, 2.24) is 4.72 Å². The van der Waals surface area contributed by atoms with Crippen LogP contribution in [0.15, 0.2) is 47.4 Å². The summed E-state index contributed by atoms with van der Waals surface area (Å²) in [6.45, 7) is 5.62. The Morgan fingerprint density at radius 1 is 1.07 bits per heavy atom. The average Bonchev–Trinajstić information content (AvgIpc) is 2.78. The lowest BCUT2D eigenvalue weighted by Gasteiger charge is -2.29. The molecule has 0 bridgehead atoms. The number of amides is 1. The van der Waals surface area contributed by atoms with Gasteiger partial charge in [0.2, 0.25) is 15.9 Å². The van der Waals surface area contributed by atoms with E-state index in [4.69, 9.17) is 4.74 Å². The smallest absolute Gasteiger partial charge is 0.240 e. The number of carbonyl (C=O) groups excluding carboxylic acids is 1. The van der Waals surface area contributed by atoms with Gasteiger partial charge >= 0.3 is 0 Å². The number of carbonyl (C=O) groups is 1. The van der Waals surface area contributed by atoms with E-state index in [1.54, 1.807) is 23.1 Å². The molecule has 1 N–H and O–H groups in total. The van der Waals surface area contributed by atoms with Gasteiger partial charge in [-0.05, 0) is 54.3 Å². The van der Waals surface area contributed by atoms with Crippen molar-refractivity contribution in [2.24, 2.45) is 0 Å². The number of sulfonamides is 1. The van der Waals surface area contributed by atoms with E-state index in [-0.39, 0.29) is 17.3 Å². The van der Waals surface area contributed by atoms with Crippen molar-refractivity contribution >= 4 is 27.3 Å². The molecule has 0 saturated carbocycles. The average molecular weight is 430 g/mol. The molecule has 1 fully saturated rings.